The lowest BCUT2D eigenvalue weighted by molar-refractivity contribution is -0.141. The number of ketones is 1. The summed E-state index contributed by atoms with van der Waals surface area (Å²) in [6.45, 7) is 3.62. The molecule has 3 nitrogen and oxygen atoms in total. The highest BCUT2D eigenvalue weighted by Gasteiger charge is 2.01. The maximum absolute atomic E-state index is 11.0. The van der Waals surface area contributed by atoms with Crippen molar-refractivity contribution < 1.29 is 14.3 Å². The largest absolute Gasteiger partial charge is 0.465 e. The molecular weight excluding hydrogens is 156 g/mol. The van der Waals surface area contributed by atoms with Crippen molar-refractivity contribution in [2.75, 3.05) is 6.61 Å². The summed E-state index contributed by atoms with van der Waals surface area (Å²) in [7, 11) is 0. The van der Waals surface area contributed by atoms with Gasteiger partial charge in [-0.05, 0) is 6.42 Å². The lowest BCUT2D eigenvalue weighted by atomic mass is 10.1. The summed E-state index contributed by atoms with van der Waals surface area (Å²) < 4.78 is 4.63. The fourth-order valence-corrected chi connectivity index (χ4v) is 0.808. The molecule has 0 saturated carbocycles. The molecule has 0 aliphatic rings. The molecule has 0 aliphatic heterocycles. The second-order valence-corrected chi connectivity index (χ2v) is 2.73. The number of carbonyl (C=O) groups is 2. The van der Waals surface area contributed by atoms with Gasteiger partial charge in [0.05, 0.1) is 6.61 Å². The lowest BCUT2D eigenvalue weighted by Crippen LogP contribution is -2.06. The summed E-state index contributed by atoms with van der Waals surface area (Å²) in [5.41, 5.74) is 0. The molecule has 0 aromatic rings. The van der Waals surface area contributed by atoms with Gasteiger partial charge < -0.3 is 4.74 Å². The summed E-state index contributed by atoms with van der Waals surface area (Å²) in [5.74, 6) is -0.142. The second kappa shape index (κ2) is 6.83. The van der Waals surface area contributed by atoms with E-state index in [0.29, 0.717) is 12.8 Å². The van der Waals surface area contributed by atoms with Crippen LogP contribution in [-0.2, 0) is 14.3 Å². The van der Waals surface area contributed by atoms with Crippen LogP contribution in [-0.4, -0.2) is 18.4 Å². The van der Waals surface area contributed by atoms with Crippen molar-refractivity contribution in [1.82, 2.24) is 0 Å². The Hall–Kier alpha value is -0.860. The van der Waals surface area contributed by atoms with Crippen LogP contribution in [0.25, 0.3) is 0 Å². The van der Waals surface area contributed by atoms with E-state index in [-0.39, 0.29) is 18.4 Å². The highest BCUT2D eigenvalue weighted by Crippen LogP contribution is 1.98. The maximum atomic E-state index is 11.0. The molecule has 0 rings (SSSR count). The van der Waals surface area contributed by atoms with E-state index < -0.39 is 0 Å². The van der Waals surface area contributed by atoms with Crippen LogP contribution < -0.4 is 0 Å². The Morgan fingerprint density at radius 3 is 2.42 bits per heavy atom. The zero-order valence-corrected chi connectivity index (χ0v) is 7.76. The minimum Gasteiger partial charge on any atom is -0.465 e. The molecule has 0 unspecified atom stereocenters. The topological polar surface area (TPSA) is 43.4 Å². The average molecular weight is 172 g/mol. The van der Waals surface area contributed by atoms with Gasteiger partial charge in [-0.25, -0.2) is 0 Å². The van der Waals surface area contributed by atoms with E-state index >= 15 is 0 Å². The third kappa shape index (κ3) is 7.25. The van der Waals surface area contributed by atoms with Crippen molar-refractivity contribution in [3.63, 3.8) is 0 Å². The van der Waals surface area contributed by atoms with Gasteiger partial charge >= 0.3 is 5.97 Å². The number of hydrogen-bond acceptors (Lipinski definition) is 3. The molecule has 0 spiro atoms. The molecular formula is C9H16O3. The van der Waals surface area contributed by atoms with Gasteiger partial charge in [-0.1, -0.05) is 13.3 Å². The van der Waals surface area contributed by atoms with E-state index in [4.69, 9.17) is 0 Å². The fourth-order valence-electron chi connectivity index (χ4n) is 0.808. The first-order chi connectivity index (χ1) is 5.66. The first-order valence-electron chi connectivity index (χ1n) is 4.32. The molecule has 0 fully saturated rings. The van der Waals surface area contributed by atoms with Gasteiger partial charge in [0.25, 0.3) is 0 Å². The van der Waals surface area contributed by atoms with Crippen LogP contribution >= 0.6 is 0 Å². The van der Waals surface area contributed by atoms with Crippen molar-refractivity contribution in [2.45, 2.75) is 39.5 Å². The van der Waals surface area contributed by atoms with Gasteiger partial charge in [-0.15, -0.1) is 0 Å². The molecule has 0 bridgehead atoms. The highest BCUT2D eigenvalue weighted by molar-refractivity contribution is 5.78. The van der Waals surface area contributed by atoms with Gasteiger partial charge in [-0.2, -0.15) is 0 Å². The Bertz CT molecular complexity index is 152. The molecule has 0 heterocycles. The molecule has 12 heavy (non-hydrogen) atoms. The predicted molar refractivity (Wildman–Crippen MR) is 45.8 cm³/mol. The number of esters is 1. The number of carbonyl (C=O) groups excluding carboxylic acids is 2. The number of unbranched alkanes of at least 4 members (excludes halogenated alkanes) is 1. The van der Waals surface area contributed by atoms with Crippen LogP contribution in [0.3, 0.4) is 0 Å². The molecule has 0 aromatic carbocycles. The summed E-state index contributed by atoms with van der Waals surface area (Å²) >= 11 is 0. The van der Waals surface area contributed by atoms with Crippen molar-refractivity contribution >= 4 is 11.8 Å². The Balaban J connectivity index is 3.25. The van der Waals surface area contributed by atoms with E-state index in [1.54, 1.807) is 0 Å². The fraction of sp³-hybridized carbons (Fsp3) is 0.778. The van der Waals surface area contributed by atoms with Gasteiger partial charge in [-0.3, -0.25) is 9.59 Å². The summed E-state index contributed by atoms with van der Waals surface area (Å²) in [5, 5.41) is 0. The lowest BCUT2D eigenvalue weighted by Gasteiger charge is -2.00. The van der Waals surface area contributed by atoms with Crippen molar-refractivity contribution in [3.8, 4) is 0 Å². The predicted octanol–water partition coefficient (Wildman–Crippen LogP) is 1.70. The zero-order valence-electron chi connectivity index (χ0n) is 7.76. The first-order valence-corrected chi connectivity index (χ1v) is 4.32. The van der Waals surface area contributed by atoms with E-state index in [1.165, 1.54) is 6.92 Å². The third-order valence-corrected chi connectivity index (χ3v) is 1.50. The summed E-state index contributed by atoms with van der Waals surface area (Å²) in [4.78, 5) is 21.3. The standard InChI is InChI=1S/C9H16O3/c1-3-4-5-9(11)6-7-12-8(2)10/h3-7H2,1-2H3. The minimum atomic E-state index is -0.321. The van der Waals surface area contributed by atoms with Crippen molar-refractivity contribution in [1.29, 1.82) is 0 Å². The number of rotatable bonds is 6. The van der Waals surface area contributed by atoms with Crippen LogP contribution in [0.4, 0.5) is 0 Å². The van der Waals surface area contributed by atoms with Gasteiger partial charge in [0.15, 0.2) is 0 Å². The van der Waals surface area contributed by atoms with Crippen LogP contribution in [0.2, 0.25) is 0 Å². The van der Waals surface area contributed by atoms with Crippen LogP contribution in [0.15, 0.2) is 0 Å². The molecule has 0 N–H and O–H groups in total. The smallest absolute Gasteiger partial charge is 0.302 e. The van der Waals surface area contributed by atoms with E-state index in [1.807, 2.05) is 6.92 Å². The summed E-state index contributed by atoms with van der Waals surface area (Å²) in [6.07, 6.45) is 2.93. The Labute approximate surface area is 73.1 Å². The SMILES string of the molecule is CCCCC(=O)CCOC(C)=O. The molecule has 0 amide bonds. The van der Waals surface area contributed by atoms with Crippen molar-refractivity contribution in [2.24, 2.45) is 0 Å². The van der Waals surface area contributed by atoms with Crippen LogP contribution in [0.5, 0.6) is 0 Å². The van der Waals surface area contributed by atoms with Gasteiger partial charge in [0, 0.05) is 19.8 Å². The third-order valence-electron chi connectivity index (χ3n) is 1.50. The zero-order chi connectivity index (χ0) is 9.40. The first kappa shape index (κ1) is 11.1. The normalized spacial score (nSPS) is 9.50. The number of hydrogen-bond donors (Lipinski definition) is 0. The molecule has 70 valence electrons. The second-order valence-electron chi connectivity index (χ2n) is 2.73. The maximum Gasteiger partial charge on any atom is 0.302 e. The Morgan fingerprint density at radius 2 is 1.92 bits per heavy atom. The molecule has 0 aliphatic carbocycles. The number of ether oxygens (including phenoxy) is 1. The number of Topliss-reactive ketones (excluding diaryl/α,β-unsaturated/α-hetero) is 1. The molecule has 0 atom stereocenters. The van der Waals surface area contributed by atoms with Crippen molar-refractivity contribution in [3.05, 3.63) is 0 Å². The van der Waals surface area contributed by atoms with Gasteiger partial charge in [0.1, 0.15) is 5.78 Å². The quantitative estimate of drug-likeness (QED) is 0.573. The van der Waals surface area contributed by atoms with Gasteiger partial charge in [0.2, 0.25) is 0 Å². The molecule has 3 heteroatoms. The highest BCUT2D eigenvalue weighted by atomic mass is 16.5. The average Bonchev–Trinajstić information content (AvgIpc) is 2.00. The minimum absolute atomic E-state index is 0.179. The van der Waals surface area contributed by atoms with E-state index in [0.717, 1.165) is 12.8 Å². The van der Waals surface area contributed by atoms with Crippen LogP contribution in [0.1, 0.15) is 39.5 Å². The Kier molecular flexibility index (Phi) is 6.34. The molecule has 0 radical (unpaired) electrons. The molecule has 0 saturated heterocycles. The molecule has 0 aromatic heterocycles. The Morgan fingerprint density at radius 1 is 1.25 bits per heavy atom. The van der Waals surface area contributed by atoms with Crippen LogP contribution in [0, 0.1) is 0 Å². The summed E-state index contributed by atoms with van der Waals surface area (Å²) in [6, 6.07) is 0. The van der Waals surface area contributed by atoms with E-state index in [2.05, 4.69) is 4.74 Å². The monoisotopic (exact) mass is 172 g/mol. The van der Waals surface area contributed by atoms with E-state index in [9.17, 15) is 9.59 Å².